The Labute approximate surface area is 180 Å². The molecule has 31 heavy (non-hydrogen) atoms. The van der Waals surface area contributed by atoms with E-state index in [-0.39, 0.29) is 5.97 Å². The third-order valence-electron chi connectivity index (χ3n) is 5.77. The highest BCUT2D eigenvalue weighted by atomic mass is 16.5. The van der Waals surface area contributed by atoms with Gasteiger partial charge in [-0.1, -0.05) is 35.9 Å². The molecule has 0 spiro atoms. The van der Waals surface area contributed by atoms with Crippen molar-refractivity contribution in [3.8, 4) is 5.75 Å². The van der Waals surface area contributed by atoms with Gasteiger partial charge in [0.2, 0.25) is 0 Å². The number of benzene rings is 3. The van der Waals surface area contributed by atoms with Crippen LogP contribution in [0.25, 0.3) is 32.7 Å². The number of rotatable bonds is 5. The normalized spacial score (nSPS) is 11.5. The second-order valence-electron chi connectivity index (χ2n) is 7.78. The van der Waals surface area contributed by atoms with Crippen LogP contribution in [0.1, 0.15) is 28.5 Å². The molecule has 1 N–H and O–H groups in total. The highest BCUT2D eigenvalue weighted by molar-refractivity contribution is 6.17. The molecule has 0 amide bonds. The maximum Gasteiger partial charge on any atom is 0.354 e. The van der Waals surface area contributed by atoms with Crippen LogP contribution in [0.3, 0.4) is 0 Å². The van der Waals surface area contributed by atoms with Crippen molar-refractivity contribution < 1.29 is 14.3 Å². The minimum atomic E-state index is -0.313. The average molecular weight is 412 g/mol. The van der Waals surface area contributed by atoms with E-state index in [1.165, 1.54) is 10.9 Å². The third kappa shape index (κ3) is 3.22. The van der Waals surface area contributed by atoms with E-state index in [1.54, 1.807) is 7.11 Å². The Hall–Kier alpha value is -3.73. The van der Waals surface area contributed by atoms with Gasteiger partial charge >= 0.3 is 5.97 Å². The van der Waals surface area contributed by atoms with Gasteiger partial charge in [0.15, 0.2) is 0 Å². The smallest absolute Gasteiger partial charge is 0.354 e. The zero-order valence-corrected chi connectivity index (χ0v) is 17.9. The number of carbonyl (C=O) groups is 1. The maximum absolute atomic E-state index is 12.8. The van der Waals surface area contributed by atoms with Gasteiger partial charge < -0.3 is 19.0 Å². The summed E-state index contributed by atoms with van der Waals surface area (Å²) < 4.78 is 12.7. The van der Waals surface area contributed by atoms with Crippen LogP contribution in [0.2, 0.25) is 0 Å². The number of nitrogens with zero attached hydrogens (tertiary/aromatic N) is 1. The van der Waals surface area contributed by atoms with Gasteiger partial charge in [-0.05, 0) is 49.7 Å². The van der Waals surface area contributed by atoms with E-state index in [0.717, 1.165) is 38.6 Å². The van der Waals surface area contributed by atoms with E-state index < -0.39 is 0 Å². The van der Waals surface area contributed by atoms with Crippen molar-refractivity contribution >= 4 is 38.7 Å². The number of hydrogen-bond donors (Lipinski definition) is 1. The Bertz CT molecular complexity index is 1420. The van der Waals surface area contributed by atoms with Gasteiger partial charge in [0.25, 0.3) is 0 Å². The third-order valence-corrected chi connectivity index (χ3v) is 5.77. The minimum Gasteiger partial charge on any atom is -0.497 e. The number of hydrogen-bond acceptors (Lipinski definition) is 3. The highest BCUT2D eigenvalue weighted by Gasteiger charge is 2.20. The van der Waals surface area contributed by atoms with E-state index in [0.29, 0.717) is 18.8 Å². The molecule has 0 aliphatic carbocycles. The predicted octanol–water partition coefficient (Wildman–Crippen LogP) is 5.82. The molecule has 5 nitrogen and oxygen atoms in total. The van der Waals surface area contributed by atoms with Crippen LogP contribution in [-0.4, -0.2) is 29.2 Å². The van der Waals surface area contributed by atoms with Crippen LogP contribution in [-0.2, 0) is 11.3 Å². The van der Waals surface area contributed by atoms with Crippen molar-refractivity contribution in [3.05, 3.63) is 77.5 Å². The van der Waals surface area contributed by atoms with Crippen LogP contribution in [0.4, 0.5) is 0 Å². The molecule has 0 aliphatic heterocycles. The quantitative estimate of drug-likeness (QED) is 0.370. The Kier molecular flexibility index (Phi) is 4.66. The summed E-state index contributed by atoms with van der Waals surface area (Å²) in [6.07, 6.45) is 0. The molecule has 5 heteroatoms. The summed E-state index contributed by atoms with van der Waals surface area (Å²) in [4.78, 5) is 16.4. The topological polar surface area (TPSA) is 56.2 Å². The van der Waals surface area contributed by atoms with E-state index >= 15 is 0 Å². The molecule has 2 aromatic heterocycles. The first-order valence-electron chi connectivity index (χ1n) is 10.4. The van der Waals surface area contributed by atoms with Gasteiger partial charge in [0, 0.05) is 28.2 Å². The average Bonchev–Trinajstić information content (AvgIpc) is 3.32. The summed E-state index contributed by atoms with van der Waals surface area (Å²) in [6.45, 7) is 4.81. The van der Waals surface area contributed by atoms with Crippen molar-refractivity contribution in [2.24, 2.45) is 0 Å². The predicted molar refractivity (Wildman–Crippen MR) is 124 cm³/mol. The van der Waals surface area contributed by atoms with Gasteiger partial charge in [-0.3, -0.25) is 0 Å². The number of methoxy groups -OCH3 is 1. The number of aryl methyl sites for hydroxylation is 1. The monoisotopic (exact) mass is 412 g/mol. The Balaban J connectivity index is 1.77. The number of aromatic amines is 1. The molecule has 0 bridgehead atoms. The second-order valence-corrected chi connectivity index (χ2v) is 7.78. The number of carbonyl (C=O) groups excluding carboxylic acids is 1. The summed E-state index contributed by atoms with van der Waals surface area (Å²) in [5.74, 6) is 0.493. The second kappa shape index (κ2) is 7.51. The van der Waals surface area contributed by atoms with Crippen LogP contribution in [0.5, 0.6) is 5.75 Å². The first-order valence-corrected chi connectivity index (χ1v) is 10.4. The molecular weight excluding hydrogens is 388 g/mol. The van der Waals surface area contributed by atoms with Crippen molar-refractivity contribution in [1.82, 2.24) is 9.55 Å². The lowest BCUT2D eigenvalue weighted by Crippen LogP contribution is -2.13. The first kappa shape index (κ1) is 19.2. The van der Waals surface area contributed by atoms with Crippen molar-refractivity contribution in [2.45, 2.75) is 20.4 Å². The number of H-pyrrole nitrogens is 1. The minimum absolute atomic E-state index is 0.313. The van der Waals surface area contributed by atoms with Crippen LogP contribution in [0, 0.1) is 6.92 Å². The lowest BCUT2D eigenvalue weighted by atomic mass is 10.1. The molecule has 5 aromatic rings. The molecule has 0 radical (unpaired) electrons. The van der Waals surface area contributed by atoms with Crippen molar-refractivity contribution in [2.75, 3.05) is 13.7 Å². The van der Waals surface area contributed by atoms with Crippen LogP contribution in [0.15, 0.2) is 60.7 Å². The van der Waals surface area contributed by atoms with E-state index in [4.69, 9.17) is 9.47 Å². The summed E-state index contributed by atoms with van der Waals surface area (Å²) in [5, 5.41) is 3.34. The van der Waals surface area contributed by atoms with Gasteiger partial charge in [0.1, 0.15) is 11.4 Å². The zero-order valence-electron chi connectivity index (χ0n) is 17.9. The number of aromatic nitrogens is 2. The molecule has 3 aromatic carbocycles. The van der Waals surface area contributed by atoms with Crippen molar-refractivity contribution in [3.63, 3.8) is 0 Å². The number of ether oxygens (including phenoxy) is 2. The van der Waals surface area contributed by atoms with Crippen LogP contribution >= 0.6 is 0 Å². The van der Waals surface area contributed by atoms with E-state index in [2.05, 4.69) is 46.8 Å². The summed E-state index contributed by atoms with van der Waals surface area (Å²) in [6, 6.07) is 20.5. The molecule has 0 aliphatic rings. The summed E-state index contributed by atoms with van der Waals surface area (Å²) in [7, 11) is 1.65. The van der Waals surface area contributed by atoms with Gasteiger partial charge in [-0.15, -0.1) is 0 Å². The SMILES string of the molecule is CCOC(=O)c1cc2ccc3c4cc(C)ccc4[nH]c3c2n1Cc1ccc(OC)cc1. The largest absolute Gasteiger partial charge is 0.497 e. The molecule has 156 valence electrons. The fraction of sp³-hybridized carbons (Fsp3) is 0.192. The molecule has 5 rings (SSSR count). The number of nitrogens with one attached hydrogen (secondary N) is 1. The molecule has 0 saturated heterocycles. The number of esters is 1. The molecule has 0 fully saturated rings. The zero-order chi connectivity index (χ0) is 21.5. The maximum atomic E-state index is 12.8. The molecule has 0 unspecified atom stereocenters. The van der Waals surface area contributed by atoms with E-state index in [9.17, 15) is 4.79 Å². The van der Waals surface area contributed by atoms with Crippen LogP contribution < -0.4 is 4.74 Å². The highest BCUT2D eigenvalue weighted by Crippen LogP contribution is 2.34. The Morgan fingerprint density at radius 3 is 2.55 bits per heavy atom. The first-order chi connectivity index (χ1) is 15.1. The van der Waals surface area contributed by atoms with E-state index in [1.807, 2.05) is 37.3 Å². The standard InChI is InChI=1S/C26H24N2O3/c1-4-31-26(29)23-14-18-8-11-20-21-13-16(2)5-12-22(21)27-24(20)25(18)28(23)15-17-6-9-19(30-3)10-7-17/h5-14,27H,4,15H2,1-3H3. The summed E-state index contributed by atoms with van der Waals surface area (Å²) in [5.41, 5.74) is 5.97. The van der Waals surface area contributed by atoms with Gasteiger partial charge in [0.05, 0.1) is 24.8 Å². The fourth-order valence-corrected chi connectivity index (χ4v) is 4.29. The Morgan fingerprint density at radius 1 is 1.00 bits per heavy atom. The molecule has 2 heterocycles. The lowest BCUT2D eigenvalue weighted by molar-refractivity contribution is 0.0515. The fourth-order valence-electron chi connectivity index (χ4n) is 4.29. The molecular formula is C26H24N2O3. The lowest BCUT2D eigenvalue weighted by Gasteiger charge is -2.11. The van der Waals surface area contributed by atoms with Crippen molar-refractivity contribution in [1.29, 1.82) is 0 Å². The molecule has 0 saturated carbocycles. The van der Waals surface area contributed by atoms with Gasteiger partial charge in [-0.2, -0.15) is 0 Å². The Morgan fingerprint density at radius 2 is 1.81 bits per heavy atom. The van der Waals surface area contributed by atoms with Gasteiger partial charge in [-0.25, -0.2) is 4.79 Å². The number of fused-ring (bicyclic) bond motifs is 5. The molecule has 0 atom stereocenters. The summed E-state index contributed by atoms with van der Waals surface area (Å²) >= 11 is 0.